The van der Waals surface area contributed by atoms with E-state index in [0.717, 1.165) is 42.8 Å². The average molecular weight is 400 g/mol. The average Bonchev–Trinajstić information content (AvgIpc) is 3.23. The number of urea groups is 1. The monoisotopic (exact) mass is 399 g/mol. The summed E-state index contributed by atoms with van der Waals surface area (Å²) in [6.07, 6.45) is 5.61. The summed E-state index contributed by atoms with van der Waals surface area (Å²) in [5.74, 6) is 1.36. The zero-order valence-corrected chi connectivity index (χ0v) is 17.7. The van der Waals surface area contributed by atoms with Crippen LogP contribution in [-0.2, 0) is 13.1 Å². The van der Waals surface area contributed by atoms with E-state index in [1.54, 1.807) is 6.20 Å². The first-order valence-corrected chi connectivity index (χ1v) is 10.4. The molecule has 3 rings (SSSR count). The zero-order valence-electron chi connectivity index (χ0n) is 17.7. The molecule has 2 amide bonds. The zero-order chi connectivity index (χ0) is 20.6. The lowest BCUT2D eigenvalue weighted by molar-refractivity contribution is 0.127. The lowest BCUT2D eigenvalue weighted by Crippen LogP contribution is -2.49. The number of ether oxygens (including phenoxy) is 1. The Bertz CT molecular complexity index is 737. The molecule has 7 nitrogen and oxygen atoms in total. The van der Waals surface area contributed by atoms with E-state index in [4.69, 9.17) is 4.74 Å². The summed E-state index contributed by atoms with van der Waals surface area (Å²) in [4.78, 5) is 17.3. The molecule has 1 aliphatic rings. The third kappa shape index (κ3) is 6.49. The molecule has 0 aliphatic carbocycles. The van der Waals surface area contributed by atoms with Crippen molar-refractivity contribution in [1.82, 2.24) is 25.3 Å². The molecule has 1 aliphatic heterocycles. The smallest absolute Gasteiger partial charge is 0.318 e. The van der Waals surface area contributed by atoms with Crippen LogP contribution in [0, 0.1) is 5.92 Å². The van der Waals surface area contributed by atoms with E-state index in [-0.39, 0.29) is 12.1 Å². The first kappa shape index (κ1) is 21.2. The number of nitrogens with zero attached hydrogens (tertiary/aromatic N) is 3. The number of hydrogen-bond donors (Lipinski definition) is 2. The highest BCUT2D eigenvalue weighted by Gasteiger charge is 2.27. The van der Waals surface area contributed by atoms with Gasteiger partial charge in [-0.05, 0) is 56.6 Å². The molecule has 0 spiro atoms. The third-order valence-corrected chi connectivity index (χ3v) is 5.25. The maximum Gasteiger partial charge on any atom is 0.318 e. The van der Waals surface area contributed by atoms with Crippen molar-refractivity contribution in [3.05, 3.63) is 47.8 Å². The molecule has 0 saturated carbocycles. The molecule has 2 aromatic rings. The third-order valence-electron chi connectivity index (χ3n) is 5.25. The molecule has 1 aromatic heterocycles. The Morgan fingerprint density at radius 3 is 2.62 bits per heavy atom. The minimum absolute atomic E-state index is 0.0270. The molecular weight excluding hydrogens is 366 g/mol. The van der Waals surface area contributed by atoms with Crippen LogP contribution in [0.4, 0.5) is 4.79 Å². The number of amides is 2. The molecule has 1 saturated heterocycles. The lowest BCUT2D eigenvalue weighted by Gasteiger charge is -2.37. The molecule has 0 unspecified atom stereocenters. The van der Waals surface area contributed by atoms with Gasteiger partial charge in [0.25, 0.3) is 0 Å². The van der Waals surface area contributed by atoms with Crippen LogP contribution >= 0.6 is 0 Å². The van der Waals surface area contributed by atoms with Crippen molar-refractivity contribution in [1.29, 1.82) is 0 Å². The predicted molar refractivity (Wildman–Crippen MR) is 114 cm³/mol. The maximum atomic E-state index is 13.0. The highest BCUT2D eigenvalue weighted by Crippen LogP contribution is 2.19. The van der Waals surface area contributed by atoms with Crippen LogP contribution in [0.15, 0.2) is 36.7 Å². The first-order chi connectivity index (χ1) is 14.0. The molecule has 158 valence electrons. The molecule has 0 radical (unpaired) electrons. The van der Waals surface area contributed by atoms with Crippen molar-refractivity contribution in [3.8, 4) is 5.75 Å². The molecule has 7 heteroatoms. The number of likely N-dealkylation sites (tertiary alicyclic amines) is 1. The molecule has 2 heterocycles. The van der Waals surface area contributed by atoms with Crippen molar-refractivity contribution in [2.24, 2.45) is 5.92 Å². The minimum atomic E-state index is -0.0270. The van der Waals surface area contributed by atoms with E-state index in [1.807, 2.05) is 35.4 Å². The van der Waals surface area contributed by atoms with Crippen molar-refractivity contribution in [3.63, 3.8) is 0 Å². The van der Waals surface area contributed by atoms with Crippen LogP contribution < -0.4 is 10.1 Å². The van der Waals surface area contributed by atoms with Crippen molar-refractivity contribution >= 4 is 6.03 Å². The number of rotatable bonds is 8. The number of aromatic amines is 1. The van der Waals surface area contributed by atoms with Gasteiger partial charge in [0.1, 0.15) is 5.75 Å². The Kier molecular flexibility index (Phi) is 7.52. The molecule has 29 heavy (non-hydrogen) atoms. The number of aromatic nitrogens is 2. The van der Waals surface area contributed by atoms with Gasteiger partial charge in [-0.3, -0.25) is 5.10 Å². The Hall–Kier alpha value is -2.54. The van der Waals surface area contributed by atoms with Gasteiger partial charge in [0.15, 0.2) is 0 Å². The highest BCUT2D eigenvalue weighted by atomic mass is 16.5. The standard InChI is InChI=1S/C22H33N5O2/c1-17(2)16-29-21-6-4-18(5-7-21)12-23-22(28)27(15-19-13-24-25-14-19)20-8-10-26(3)11-9-20/h4-7,13-14,17,20H,8-12,15-16H2,1-3H3,(H,23,28)(H,24,25). The van der Waals surface area contributed by atoms with E-state index >= 15 is 0 Å². The van der Waals surface area contributed by atoms with Gasteiger partial charge in [-0.1, -0.05) is 26.0 Å². The van der Waals surface area contributed by atoms with Gasteiger partial charge < -0.3 is 19.9 Å². The Balaban J connectivity index is 1.57. The van der Waals surface area contributed by atoms with Crippen molar-refractivity contribution in [2.45, 2.75) is 45.8 Å². The fourth-order valence-electron chi connectivity index (χ4n) is 3.48. The summed E-state index contributed by atoms with van der Waals surface area (Å²) in [5.41, 5.74) is 2.08. The molecule has 1 aromatic carbocycles. The van der Waals surface area contributed by atoms with Gasteiger partial charge in [-0.25, -0.2) is 4.79 Å². The van der Waals surface area contributed by atoms with E-state index < -0.39 is 0 Å². The molecule has 1 fully saturated rings. The number of benzene rings is 1. The normalized spacial score (nSPS) is 15.4. The Morgan fingerprint density at radius 1 is 1.28 bits per heavy atom. The van der Waals surface area contributed by atoms with E-state index in [9.17, 15) is 4.79 Å². The second-order valence-corrected chi connectivity index (χ2v) is 8.28. The quantitative estimate of drug-likeness (QED) is 0.715. The second-order valence-electron chi connectivity index (χ2n) is 8.28. The Morgan fingerprint density at radius 2 is 2.00 bits per heavy atom. The number of carbonyl (C=O) groups is 1. The van der Waals surface area contributed by atoms with Gasteiger partial charge in [-0.15, -0.1) is 0 Å². The van der Waals surface area contributed by atoms with Gasteiger partial charge in [0, 0.05) is 24.3 Å². The van der Waals surface area contributed by atoms with Gasteiger partial charge >= 0.3 is 6.03 Å². The maximum absolute atomic E-state index is 13.0. The van der Waals surface area contributed by atoms with Gasteiger partial charge in [0.05, 0.1) is 19.3 Å². The number of nitrogens with one attached hydrogen (secondary N) is 2. The largest absolute Gasteiger partial charge is 0.493 e. The van der Waals surface area contributed by atoms with Crippen LogP contribution in [0.5, 0.6) is 5.75 Å². The van der Waals surface area contributed by atoms with Gasteiger partial charge in [-0.2, -0.15) is 5.10 Å². The highest BCUT2D eigenvalue weighted by molar-refractivity contribution is 5.74. The Labute approximate surface area is 173 Å². The van der Waals surface area contributed by atoms with E-state index in [2.05, 4.69) is 41.3 Å². The predicted octanol–water partition coefficient (Wildman–Crippen LogP) is 3.25. The first-order valence-electron chi connectivity index (χ1n) is 10.4. The van der Waals surface area contributed by atoms with Crippen LogP contribution in [0.3, 0.4) is 0 Å². The summed E-state index contributed by atoms with van der Waals surface area (Å²) < 4.78 is 5.72. The number of hydrogen-bond acceptors (Lipinski definition) is 4. The molecular formula is C22H33N5O2. The fourth-order valence-corrected chi connectivity index (χ4v) is 3.48. The van der Waals surface area contributed by atoms with Crippen molar-refractivity contribution < 1.29 is 9.53 Å². The summed E-state index contributed by atoms with van der Waals surface area (Å²) in [6.45, 7) is 8.05. The summed E-state index contributed by atoms with van der Waals surface area (Å²) >= 11 is 0. The second kappa shape index (κ2) is 10.3. The van der Waals surface area contributed by atoms with Crippen LogP contribution in [0.1, 0.15) is 37.8 Å². The van der Waals surface area contributed by atoms with Crippen molar-refractivity contribution in [2.75, 3.05) is 26.7 Å². The minimum Gasteiger partial charge on any atom is -0.493 e. The molecule has 0 atom stereocenters. The van der Waals surface area contributed by atoms with E-state index in [0.29, 0.717) is 25.6 Å². The van der Waals surface area contributed by atoms with Crippen LogP contribution in [0.25, 0.3) is 0 Å². The fraction of sp³-hybridized carbons (Fsp3) is 0.545. The lowest BCUT2D eigenvalue weighted by atomic mass is 10.0. The number of piperidine rings is 1. The van der Waals surface area contributed by atoms with Crippen LogP contribution in [-0.4, -0.2) is 58.8 Å². The molecule has 0 bridgehead atoms. The summed E-state index contributed by atoms with van der Waals surface area (Å²) in [5, 5.41) is 9.94. The summed E-state index contributed by atoms with van der Waals surface area (Å²) in [7, 11) is 2.13. The number of carbonyl (C=O) groups excluding carboxylic acids is 1. The number of H-pyrrole nitrogens is 1. The summed E-state index contributed by atoms with van der Waals surface area (Å²) in [6, 6.07) is 8.15. The SMILES string of the molecule is CC(C)COc1ccc(CNC(=O)N(Cc2cn[nH]c2)C2CCN(C)CC2)cc1. The topological polar surface area (TPSA) is 73.5 Å². The van der Waals surface area contributed by atoms with E-state index in [1.165, 1.54) is 0 Å². The van der Waals surface area contributed by atoms with Crippen LogP contribution in [0.2, 0.25) is 0 Å². The molecule has 2 N–H and O–H groups in total. The van der Waals surface area contributed by atoms with Gasteiger partial charge in [0.2, 0.25) is 0 Å².